The van der Waals surface area contributed by atoms with Crippen LogP contribution in [-0.2, 0) is 4.74 Å². The molecule has 5 nitrogen and oxygen atoms in total. The van der Waals surface area contributed by atoms with Crippen molar-refractivity contribution in [3.05, 3.63) is 40.1 Å². The largest absolute Gasteiger partial charge is 0.465 e. The summed E-state index contributed by atoms with van der Waals surface area (Å²) in [6.07, 6.45) is 9.80. The monoisotopic (exact) mass is 417 g/mol. The molecule has 1 aromatic rings. The molecule has 0 amide bonds. The number of carbonyl (C=O) groups is 1. The highest BCUT2D eigenvalue weighted by atomic mass is 32.1. The molecule has 1 aliphatic rings. The number of hydrogen-bond acceptors (Lipinski definition) is 6. The molecule has 0 saturated carbocycles. The van der Waals surface area contributed by atoms with E-state index in [2.05, 4.69) is 11.8 Å². The first-order valence-electron chi connectivity index (χ1n) is 10.1. The lowest BCUT2D eigenvalue weighted by atomic mass is 10.00. The summed E-state index contributed by atoms with van der Waals surface area (Å²) in [7, 11) is 1.37. The van der Waals surface area contributed by atoms with Crippen LogP contribution in [0.25, 0.3) is 6.08 Å². The van der Waals surface area contributed by atoms with Crippen molar-refractivity contribution in [3.63, 3.8) is 0 Å². The second-order valence-electron chi connectivity index (χ2n) is 7.18. The van der Waals surface area contributed by atoms with Gasteiger partial charge in [-0.2, -0.15) is 0 Å². The summed E-state index contributed by atoms with van der Waals surface area (Å²) in [4.78, 5) is 15.1. The lowest BCUT2D eigenvalue weighted by Crippen LogP contribution is -2.35. The van der Waals surface area contributed by atoms with Gasteiger partial charge in [-0.3, -0.25) is 4.90 Å². The normalized spacial score (nSPS) is 22.0. The molecular weight excluding hydrogens is 386 g/mol. The fourth-order valence-electron chi connectivity index (χ4n) is 3.19. The van der Waals surface area contributed by atoms with Crippen LogP contribution in [0.2, 0.25) is 0 Å². The van der Waals surface area contributed by atoms with Gasteiger partial charge >= 0.3 is 5.97 Å². The predicted molar refractivity (Wildman–Crippen MR) is 117 cm³/mol. The quantitative estimate of drug-likeness (QED) is 0.384. The number of methoxy groups -OCH3 is 1. The number of esters is 1. The second kappa shape index (κ2) is 11.9. The third kappa shape index (κ3) is 7.13. The zero-order valence-corrected chi connectivity index (χ0v) is 18.2. The Balaban J connectivity index is 1.91. The Morgan fingerprint density at radius 1 is 1.41 bits per heavy atom. The van der Waals surface area contributed by atoms with E-state index >= 15 is 0 Å². The summed E-state index contributed by atoms with van der Waals surface area (Å²) in [5.74, 6) is 5.86. The van der Waals surface area contributed by atoms with E-state index in [0.29, 0.717) is 24.3 Å². The number of carbonyl (C=O) groups excluding carboxylic acids is 1. The van der Waals surface area contributed by atoms with Gasteiger partial charge in [-0.05, 0) is 37.0 Å². The average molecular weight is 418 g/mol. The van der Waals surface area contributed by atoms with E-state index in [1.165, 1.54) is 18.4 Å². The molecule has 2 heterocycles. The van der Waals surface area contributed by atoms with E-state index in [1.54, 1.807) is 6.07 Å². The van der Waals surface area contributed by atoms with Crippen molar-refractivity contribution in [2.24, 2.45) is 5.92 Å². The number of aliphatic hydroxyl groups is 2. The number of aliphatic hydroxyl groups excluding tert-OH is 2. The molecular formula is C23H31NO4S. The fourth-order valence-corrected chi connectivity index (χ4v) is 4.05. The van der Waals surface area contributed by atoms with Crippen LogP contribution in [0, 0.1) is 17.8 Å². The standard InChI is InChI=1S/C23H31NO4S/c1-4-5-6-8-17(2)20(25)13-10-18-11-15-22(26)24(18)16-7-9-19-12-14-21(29-19)23(27)28-3/h7,9-10,12-14,17-18,20,22,25-26H,4,8,11,15-16H2,1-3H3/b9-7-,13-10+/t17?,18-,20+,22?/m0/s1. The maximum atomic E-state index is 11.5. The molecule has 0 spiro atoms. The number of likely N-dealkylation sites (tertiary alicyclic amines) is 1. The number of hydrogen-bond donors (Lipinski definition) is 2. The van der Waals surface area contributed by atoms with Gasteiger partial charge in [0.1, 0.15) is 11.1 Å². The minimum absolute atomic E-state index is 0.0767. The lowest BCUT2D eigenvalue weighted by molar-refractivity contribution is 0.0345. The third-order valence-electron chi connectivity index (χ3n) is 4.98. The van der Waals surface area contributed by atoms with Gasteiger partial charge in [0, 0.05) is 30.3 Å². The maximum Gasteiger partial charge on any atom is 0.348 e. The molecule has 0 radical (unpaired) electrons. The van der Waals surface area contributed by atoms with Crippen LogP contribution in [0.5, 0.6) is 0 Å². The third-order valence-corrected chi connectivity index (χ3v) is 6.01. The fraction of sp³-hybridized carbons (Fsp3) is 0.522. The van der Waals surface area contributed by atoms with Crippen molar-refractivity contribution in [2.45, 2.75) is 57.9 Å². The highest BCUT2D eigenvalue weighted by Crippen LogP contribution is 2.25. The average Bonchev–Trinajstić information content (AvgIpc) is 3.33. The molecule has 29 heavy (non-hydrogen) atoms. The van der Waals surface area contributed by atoms with Crippen LogP contribution < -0.4 is 0 Å². The SMILES string of the molecule is CCC#CCC(C)[C@H](O)/C=C/[C@H]1CCC(O)N1C/C=C\c1ccc(C(=O)OC)s1. The van der Waals surface area contributed by atoms with Crippen molar-refractivity contribution in [1.29, 1.82) is 0 Å². The number of rotatable bonds is 8. The van der Waals surface area contributed by atoms with Gasteiger partial charge in [0.15, 0.2) is 0 Å². The van der Waals surface area contributed by atoms with Gasteiger partial charge in [0.05, 0.1) is 13.2 Å². The van der Waals surface area contributed by atoms with Crippen molar-refractivity contribution in [3.8, 4) is 11.8 Å². The Labute approximate surface area is 177 Å². The van der Waals surface area contributed by atoms with Crippen LogP contribution in [0.1, 0.15) is 54.1 Å². The minimum atomic E-state index is -0.542. The van der Waals surface area contributed by atoms with Gasteiger partial charge in [-0.25, -0.2) is 4.79 Å². The van der Waals surface area contributed by atoms with Crippen LogP contribution in [0.3, 0.4) is 0 Å². The van der Waals surface area contributed by atoms with E-state index in [4.69, 9.17) is 4.74 Å². The Hall–Kier alpha value is -1.91. The Morgan fingerprint density at radius 3 is 2.93 bits per heavy atom. The van der Waals surface area contributed by atoms with E-state index in [0.717, 1.165) is 17.7 Å². The van der Waals surface area contributed by atoms with Gasteiger partial charge in [0.2, 0.25) is 0 Å². The summed E-state index contributed by atoms with van der Waals surface area (Å²) >= 11 is 1.37. The highest BCUT2D eigenvalue weighted by molar-refractivity contribution is 7.14. The van der Waals surface area contributed by atoms with Crippen molar-refractivity contribution < 1.29 is 19.7 Å². The van der Waals surface area contributed by atoms with E-state index < -0.39 is 12.3 Å². The molecule has 2 rings (SSSR count). The Morgan fingerprint density at radius 2 is 2.21 bits per heavy atom. The molecule has 0 aromatic carbocycles. The lowest BCUT2D eigenvalue weighted by Gasteiger charge is -2.24. The molecule has 4 atom stereocenters. The highest BCUT2D eigenvalue weighted by Gasteiger charge is 2.29. The van der Waals surface area contributed by atoms with Crippen LogP contribution in [0.15, 0.2) is 30.4 Å². The summed E-state index contributed by atoms with van der Waals surface area (Å²) in [6, 6.07) is 3.72. The number of thiophene rings is 1. The molecule has 1 aromatic heterocycles. The maximum absolute atomic E-state index is 11.5. The summed E-state index contributed by atoms with van der Waals surface area (Å²) in [5.41, 5.74) is 0. The molecule has 0 bridgehead atoms. The molecule has 0 aliphatic carbocycles. The van der Waals surface area contributed by atoms with Crippen molar-refractivity contribution in [1.82, 2.24) is 4.90 Å². The summed E-state index contributed by atoms with van der Waals surface area (Å²) < 4.78 is 4.72. The van der Waals surface area contributed by atoms with Crippen LogP contribution >= 0.6 is 11.3 Å². The van der Waals surface area contributed by atoms with Gasteiger partial charge in [-0.1, -0.05) is 32.1 Å². The first kappa shape index (κ1) is 23.4. The van der Waals surface area contributed by atoms with E-state index in [-0.39, 0.29) is 17.9 Å². The topological polar surface area (TPSA) is 70.0 Å². The number of nitrogens with zero attached hydrogens (tertiary/aromatic N) is 1. The Kier molecular flexibility index (Phi) is 9.62. The molecule has 2 unspecified atom stereocenters. The molecule has 2 N–H and O–H groups in total. The number of ether oxygens (including phenoxy) is 1. The molecule has 1 aliphatic heterocycles. The van der Waals surface area contributed by atoms with Gasteiger partial charge in [-0.15, -0.1) is 23.2 Å². The molecule has 1 fully saturated rings. The van der Waals surface area contributed by atoms with E-state index in [9.17, 15) is 15.0 Å². The molecule has 1 saturated heterocycles. The Bertz CT molecular complexity index is 773. The second-order valence-corrected chi connectivity index (χ2v) is 8.30. The van der Waals surface area contributed by atoms with Gasteiger partial charge < -0.3 is 14.9 Å². The first-order chi connectivity index (χ1) is 14.0. The van der Waals surface area contributed by atoms with Crippen molar-refractivity contribution in [2.75, 3.05) is 13.7 Å². The van der Waals surface area contributed by atoms with Gasteiger partial charge in [0.25, 0.3) is 0 Å². The smallest absolute Gasteiger partial charge is 0.348 e. The zero-order chi connectivity index (χ0) is 21.2. The van der Waals surface area contributed by atoms with E-state index in [1.807, 2.05) is 49.1 Å². The van der Waals surface area contributed by atoms with Crippen LogP contribution in [0.4, 0.5) is 0 Å². The predicted octanol–water partition coefficient (Wildman–Crippen LogP) is 3.69. The summed E-state index contributed by atoms with van der Waals surface area (Å²) in [5, 5.41) is 20.6. The zero-order valence-electron chi connectivity index (χ0n) is 17.4. The molecule has 6 heteroatoms. The van der Waals surface area contributed by atoms with Crippen LogP contribution in [-0.4, -0.2) is 53.1 Å². The first-order valence-corrected chi connectivity index (χ1v) is 10.9. The summed E-state index contributed by atoms with van der Waals surface area (Å²) in [6.45, 7) is 4.60. The minimum Gasteiger partial charge on any atom is -0.465 e. The van der Waals surface area contributed by atoms with Crippen molar-refractivity contribution >= 4 is 23.4 Å². The molecule has 158 valence electrons.